The Morgan fingerprint density at radius 1 is 1.36 bits per heavy atom. The molecule has 0 spiro atoms. The zero-order valence-electron chi connectivity index (χ0n) is 14.9. The van der Waals surface area contributed by atoms with E-state index in [-0.39, 0.29) is 5.91 Å². The van der Waals surface area contributed by atoms with Gasteiger partial charge in [-0.15, -0.1) is 0 Å². The Kier molecular flexibility index (Phi) is 4.26. The first kappa shape index (κ1) is 17.4. The maximum absolute atomic E-state index is 13.1. The number of benzene rings is 1. The van der Waals surface area contributed by atoms with Gasteiger partial charge in [0.25, 0.3) is 5.91 Å². The van der Waals surface area contributed by atoms with Gasteiger partial charge in [-0.3, -0.25) is 9.69 Å². The number of carbonyl (C=O) groups excluding carboxylic acids is 1. The fourth-order valence-corrected chi connectivity index (χ4v) is 3.73. The highest BCUT2D eigenvalue weighted by Crippen LogP contribution is 2.37. The lowest BCUT2D eigenvalue weighted by Crippen LogP contribution is -2.43. The van der Waals surface area contributed by atoms with Crippen molar-refractivity contribution in [2.75, 3.05) is 4.90 Å². The van der Waals surface area contributed by atoms with Gasteiger partial charge in [-0.05, 0) is 69.1 Å². The molecule has 0 saturated carbocycles. The van der Waals surface area contributed by atoms with E-state index in [1.54, 1.807) is 11.0 Å². The topological polar surface area (TPSA) is 47.3 Å². The quantitative estimate of drug-likeness (QED) is 0.754. The molecule has 4 nitrogen and oxygen atoms in total. The highest BCUT2D eigenvalue weighted by Gasteiger charge is 2.50. The van der Waals surface area contributed by atoms with Crippen LogP contribution in [0.25, 0.3) is 0 Å². The first-order valence-corrected chi connectivity index (χ1v) is 8.76. The molecule has 1 aromatic rings. The van der Waals surface area contributed by atoms with E-state index in [0.717, 1.165) is 17.7 Å². The Bertz CT molecular complexity index is 860. The summed E-state index contributed by atoms with van der Waals surface area (Å²) in [5, 5.41) is 9.74. The number of hydrogen-bond donors (Lipinski definition) is 0. The summed E-state index contributed by atoms with van der Waals surface area (Å²) in [7, 11) is 0. The van der Waals surface area contributed by atoms with E-state index in [9.17, 15) is 10.1 Å². The van der Waals surface area contributed by atoms with Crippen molar-refractivity contribution in [3.05, 3.63) is 53.3 Å². The Hall–Kier alpha value is -2.45. The van der Waals surface area contributed by atoms with Crippen molar-refractivity contribution in [2.45, 2.75) is 39.7 Å². The maximum Gasteiger partial charge on any atom is 0.259 e. The summed E-state index contributed by atoms with van der Waals surface area (Å²) in [4.78, 5) is 16.6. The fourth-order valence-electron chi connectivity index (χ4n) is 3.21. The van der Waals surface area contributed by atoms with E-state index < -0.39 is 5.54 Å². The van der Waals surface area contributed by atoms with Gasteiger partial charge in [0.1, 0.15) is 5.54 Å². The molecule has 1 fully saturated rings. The standard InChI is InChI=1S/C20H21N3OS/c1-13-5-8-16(9-6-13)23-19(25)22(18(24)20(23,3)4)17-10-7-14(2)15(11-17)12-21/h5,7-11,13H,6H2,1-4H3. The van der Waals surface area contributed by atoms with Crippen molar-refractivity contribution in [2.24, 2.45) is 5.92 Å². The van der Waals surface area contributed by atoms with Gasteiger partial charge in [0.2, 0.25) is 0 Å². The molecule has 1 aliphatic carbocycles. The van der Waals surface area contributed by atoms with Crippen molar-refractivity contribution in [1.82, 2.24) is 4.90 Å². The van der Waals surface area contributed by atoms with Gasteiger partial charge < -0.3 is 4.90 Å². The lowest BCUT2D eigenvalue weighted by Gasteiger charge is -2.31. The second-order valence-corrected chi connectivity index (χ2v) is 7.49. The number of nitrogens with zero attached hydrogens (tertiary/aromatic N) is 3. The van der Waals surface area contributed by atoms with E-state index in [4.69, 9.17) is 12.2 Å². The number of anilines is 1. The average Bonchev–Trinajstić information content (AvgIpc) is 2.75. The number of carbonyl (C=O) groups is 1. The van der Waals surface area contributed by atoms with Crippen LogP contribution in [0.15, 0.2) is 42.1 Å². The molecule has 1 heterocycles. The van der Waals surface area contributed by atoms with Crippen LogP contribution >= 0.6 is 12.2 Å². The fraction of sp³-hybridized carbons (Fsp3) is 0.350. The van der Waals surface area contributed by atoms with E-state index >= 15 is 0 Å². The summed E-state index contributed by atoms with van der Waals surface area (Å²) < 4.78 is 0. The largest absolute Gasteiger partial charge is 0.304 e. The molecule has 0 aromatic heterocycles. The molecular weight excluding hydrogens is 330 g/mol. The number of rotatable bonds is 2. The smallest absolute Gasteiger partial charge is 0.259 e. The first-order chi connectivity index (χ1) is 11.8. The van der Waals surface area contributed by atoms with Crippen LogP contribution in [0.1, 0.15) is 38.3 Å². The minimum atomic E-state index is -0.772. The molecule has 3 rings (SSSR count). The summed E-state index contributed by atoms with van der Waals surface area (Å²) in [6.07, 6.45) is 7.24. The third-order valence-corrected chi connectivity index (χ3v) is 5.19. The maximum atomic E-state index is 13.1. The lowest BCUT2D eigenvalue weighted by molar-refractivity contribution is -0.122. The predicted octanol–water partition coefficient (Wildman–Crippen LogP) is 4.06. The third kappa shape index (κ3) is 2.77. The summed E-state index contributed by atoms with van der Waals surface area (Å²) in [6.45, 7) is 7.80. The Morgan fingerprint density at radius 2 is 2.08 bits per heavy atom. The van der Waals surface area contributed by atoms with Crippen molar-refractivity contribution in [3.8, 4) is 6.07 Å². The van der Waals surface area contributed by atoms with Gasteiger partial charge in [-0.2, -0.15) is 5.26 Å². The summed E-state index contributed by atoms with van der Waals surface area (Å²) in [6, 6.07) is 7.59. The molecule has 1 atom stereocenters. The minimum absolute atomic E-state index is 0.0850. The van der Waals surface area contributed by atoms with E-state index in [1.807, 2.05) is 43.9 Å². The molecule has 1 unspecified atom stereocenters. The van der Waals surface area contributed by atoms with Crippen LogP contribution < -0.4 is 4.90 Å². The van der Waals surface area contributed by atoms with Crippen LogP contribution in [-0.4, -0.2) is 21.5 Å². The molecule has 1 amide bonds. The second kappa shape index (κ2) is 6.12. The van der Waals surface area contributed by atoms with Gasteiger partial charge in [-0.25, -0.2) is 0 Å². The highest BCUT2D eigenvalue weighted by atomic mass is 32.1. The number of amides is 1. The molecular formula is C20H21N3OS. The van der Waals surface area contributed by atoms with Crippen molar-refractivity contribution < 1.29 is 4.79 Å². The second-order valence-electron chi connectivity index (χ2n) is 7.13. The zero-order valence-corrected chi connectivity index (χ0v) is 15.7. The van der Waals surface area contributed by atoms with Crippen LogP contribution in [0.3, 0.4) is 0 Å². The van der Waals surface area contributed by atoms with E-state index in [0.29, 0.717) is 22.3 Å². The number of allylic oxidation sites excluding steroid dienone is 3. The number of nitriles is 1. The van der Waals surface area contributed by atoms with Gasteiger partial charge in [0.05, 0.1) is 17.3 Å². The Labute approximate surface area is 154 Å². The normalized spacial score (nSPS) is 22.2. The van der Waals surface area contributed by atoms with Crippen molar-refractivity contribution in [1.29, 1.82) is 5.26 Å². The SMILES string of the molecule is Cc1ccc(N2C(=O)C(C)(C)N(C3=CCC(C)C=C3)C2=S)cc1C#N. The van der Waals surface area contributed by atoms with Crippen molar-refractivity contribution in [3.63, 3.8) is 0 Å². The molecule has 0 bridgehead atoms. The van der Waals surface area contributed by atoms with Crippen LogP contribution in [0.4, 0.5) is 5.69 Å². The third-order valence-electron chi connectivity index (χ3n) is 4.82. The molecule has 5 heteroatoms. The predicted molar refractivity (Wildman–Crippen MR) is 103 cm³/mol. The van der Waals surface area contributed by atoms with Crippen LogP contribution in [0, 0.1) is 24.2 Å². The average molecular weight is 351 g/mol. The number of thiocarbonyl (C=S) groups is 1. The van der Waals surface area contributed by atoms with E-state index in [1.165, 1.54) is 0 Å². The molecule has 1 saturated heterocycles. The molecule has 0 radical (unpaired) electrons. The Morgan fingerprint density at radius 3 is 2.68 bits per heavy atom. The summed E-state index contributed by atoms with van der Waals surface area (Å²) in [5.41, 5.74) is 2.26. The van der Waals surface area contributed by atoms with Gasteiger partial charge >= 0.3 is 0 Å². The number of hydrogen-bond acceptors (Lipinski definition) is 3. The molecule has 1 aromatic carbocycles. The van der Waals surface area contributed by atoms with Crippen molar-refractivity contribution >= 4 is 28.9 Å². The summed E-state index contributed by atoms with van der Waals surface area (Å²) in [5.74, 6) is 0.406. The monoisotopic (exact) mass is 351 g/mol. The van der Waals surface area contributed by atoms with Gasteiger partial charge in [-0.1, -0.05) is 25.1 Å². The highest BCUT2D eigenvalue weighted by molar-refractivity contribution is 7.80. The number of aryl methyl sites for hydroxylation is 1. The van der Waals surface area contributed by atoms with Crippen LogP contribution in [0.2, 0.25) is 0 Å². The van der Waals surface area contributed by atoms with E-state index in [2.05, 4.69) is 25.1 Å². The lowest BCUT2D eigenvalue weighted by atomic mass is 9.98. The minimum Gasteiger partial charge on any atom is -0.304 e. The van der Waals surface area contributed by atoms with Crippen LogP contribution in [-0.2, 0) is 4.79 Å². The summed E-state index contributed by atoms with van der Waals surface area (Å²) >= 11 is 5.67. The van der Waals surface area contributed by atoms with Crippen LogP contribution in [0.5, 0.6) is 0 Å². The molecule has 1 aliphatic heterocycles. The van der Waals surface area contributed by atoms with Gasteiger partial charge in [0.15, 0.2) is 5.11 Å². The van der Waals surface area contributed by atoms with Gasteiger partial charge in [0, 0.05) is 5.70 Å². The Balaban J connectivity index is 2.04. The molecule has 25 heavy (non-hydrogen) atoms. The first-order valence-electron chi connectivity index (χ1n) is 8.35. The molecule has 2 aliphatic rings. The zero-order chi connectivity index (χ0) is 18.4. The molecule has 128 valence electrons. The molecule has 0 N–H and O–H groups in total.